The summed E-state index contributed by atoms with van der Waals surface area (Å²) in [6.45, 7) is 8.53. The number of rotatable bonds is 2. The Balaban J connectivity index is 2.31. The molecule has 0 aliphatic carbocycles. The van der Waals surface area contributed by atoms with E-state index in [1.54, 1.807) is 11.8 Å². The molecule has 4 nitrogen and oxygen atoms in total. The van der Waals surface area contributed by atoms with E-state index in [-0.39, 0.29) is 12.5 Å². The number of carbonyl (C=O) groups is 2. The Hall–Kier alpha value is -1.84. The molecule has 1 aromatic rings. The molecule has 0 saturated carbocycles. The fourth-order valence-corrected chi connectivity index (χ4v) is 3.26. The number of amides is 1. The summed E-state index contributed by atoms with van der Waals surface area (Å²) in [5.41, 5.74) is 2.94. The second-order valence-corrected chi connectivity index (χ2v) is 6.47. The van der Waals surface area contributed by atoms with E-state index >= 15 is 0 Å². The molecule has 1 N–H and O–H groups in total. The number of benzene rings is 1. The first-order chi connectivity index (χ1) is 9.74. The maximum absolute atomic E-state index is 12.8. The molecule has 1 amide bonds. The molecular weight excluding hydrogens is 266 g/mol. The zero-order valence-corrected chi connectivity index (χ0v) is 13.2. The van der Waals surface area contributed by atoms with E-state index in [0.29, 0.717) is 13.0 Å². The molecule has 114 valence electrons. The highest BCUT2D eigenvalue weighted by Crippen LogP contribution is 2.31. The van der Waals surface area contributed by atoms with E-state index < -0.39 is 11.4 Å². The largest absolute Gasteiger partial charge is 0.481 e. The van der Waals surface area contributed by atoms with Gasteiger partial charge < -0.3 is 10.0 Å². The van der Waals surface area contributed by atoms with Gasteiger partial charge in [-0.2, -0.15) is 0 Å². The molecule has 0 bridgehead atoms. The van der Waals surface area contributed by atoms with Crippen LogP contribution >= 0.6 is 0 Å². The second-order valence-electron chi connectivity index (χ2n) is 6.47. The molecule has 2 rings (SSSR count). The van der Waals surface area contributed by atoms with Crippen molar-refractivity contribution in [3.05, 3.63) is 34.4 Å². The molecule has 4 heteroatoms. The standard InChI is InChI=1S/C17H23NO3/c1-11-8-12(2)14(13(3)9-11)15(19)18-7-5-6-17(4,10-18)16(20)21/h8-9H,5-7,10H2,1-4H3,(H,20,21). The second kappa shape index (κ2) is 5.51. The maximum Gasteiger partial charge on any atom is 0.311 e. The Labute approximate surface area is 125 Å². The van der Waals surface area contributed by atoms with Crippen LogP contribution in [0.2, 0.25) is 0 Å². The van der Waals surface area contributed by atoms with Crippen molar-refractivity contribution in [1.29, 1.82) is 0 Å². The molecule has 1 atom stereocenters. The molecule has 1 saturated heterocycles. The number of aliphatic carboxylic acids is 1. The topological polar surface area (TPSA) is 57.6 Å². The van der Waals surface area contributed by atoms with Gasteiger partial charge in [0, 0.05) is 18.7 Å². The van der Waals surface area contributed by atoms with Crippen LogP contribution in [0.1, 0.15) is 46.8 Å². The zero-order valence-electron chi connectivity index (χ0n) is 13.2. The lowest BCUT2D eigenvalue weighted by atomic mass is 9.81. The van der Waals surface area contributed by atoms with Crippen LogP contribution in [-0.4, -0.2) is 35.0 Å². The van der Waals surface area contributed by atoms with Gasteiger partial charge in [-0.25, -0.2) is 0 Å². The number of aryl methyl sites for hydroxylation is 3. The fraction of sp³-hybridized carbons (Fsp3) is 0.529. The first-order valence-corrected chi connectivity index (χ1v) is 7.35. The Kier molecular flexibility index (Phi) is 4.08. The molecule has 1 aliphatic heterocycles. The maximum atomic E-state index is 12.8. The summed E-state index contributed by atoms with van der Waals surface area (Å²) >= 11 is 0. The van der Waals surface area contributed by atoms with Crippen molar-refractivity contribution >= 4 is 11.9 Å². The summed E-state index contributed by atoms with van der Waals surface area (Å²) in [6, 6.07) is 4.00. The minimum atomic E-state index is -0.833. The van der Waals surface area contributed by atoms with Gasteiger partial charge in [0.05, 0.1) is 5.41 Å². The van der Waals surface area contributed by atoms with Gasteiger partial charge in [0.15, 0.2) is 0 Å². The Morgan fingerprint density at radius 2 is 1.76 bits per heavy atom. The molecule has 0 aromatic heterocycles. The van der Waals surface area contributed by atoms with Crippen molar-refractivity contribution in [2.45, 2.75) is 40.5 Å². The third-order valence-electron chi connectivity index (χ3n) is 4.39. The molecule has 0 spiro atoms. The average Bonchev–Trinajstić information content (AvgIpc) is 2.37. The SMILES string of the molecule is Cc1cc(C)c(C(=O)N2CCCC(C)(C(=O)O)C2)c(C)c1. The lowest BCUT2D eigenvalue weighted by Gasteiger charge is -2.38. The van der Waals surface area contributed by atoms with Gasteiger partial charge in [-0.05, 0) is 51.7 Å². The summed E-state index contributed by atoms with van der Waals surface area (Å²) < 4.78 is 0. The normalized spacial score (nSPS) is 22.2. The van der Waals surface area contributed by atoms with E-state index in [1.807, 2.05) is 32.9 Å². The minimum Gasteiger partial charge on any atom is -0.481 e. The van der Waals surface area contributed by atoms with Gasteiger partial charge >= 0.3 is 5.97 Å². The number of hydrogen-bond donors (Lipinski definition) is 1. The minimum absolute atomic E-state index is 0.0443. The first kappa shape index (κ1) is 15.5. The number of nitrogens with zero attached hydrogens (tertiary/aromatic N) is 1. The lowest BCUT2D eigenvalue weighted by molar-refractivity contribution is -0.150. The van der Waals surface area contributed by atoms with Crippen LogP contribution < -0.4 is 0 Å². The third kappa shape index (κ3) is 2.94. The smallest absolute Gasteiger partial charge is 0.311 e. The van der Waals surface area contributed by atoms with Crippen LogP contribution in [0, 0.1) is 26.2 Å². The number of carbonyl (C=O) groups excluding carboxylic acids is 1. The van der Waals surface area contributed by atoms with Crippen LogP contribution in [-0.2, 0) is 4.79 Å². The van der Waals surface area contributed by atoms with Crippen molar-refractivity contribution in [1.82, 2.24) is 4.90 Å². The number of hydrogen-bond acceptors (Lipinski definition) is 2. The number of carboxylic acids is 1. The van der Waals surface area contributed by atoms with Crippen molar-refractivity contribution in [3.8, 4) is 0 Å². The van der Waals surface area contributed by atoms with Crippen molar-refractivity contribution in [3.63, 3.8) is 0 Å². The Morgan fingerprint density at radius 1 is 1.19 bits per heavy atom. The monoisotopic (exact) mass is 289 g/mol. The van der Waals surface area contributed by atoms with Crippen LogP contribution in [0.5, 0.6) is 0 Å². The molecule has 21 heavy (non-hydrogen) atoms. The van der Waals surface area contributed by atoms with Crippen molar-refractivity contribution in [2.24, 2.45) is 5.41 Å². The van der Waals surface area contributed by atoms with Gasteiger partial charge in [-0.15, -0.1) is 0 Å². The molecule has 1 fully saturated rings. The van der Waals surface area contributed by atoms with Gasteiger partial charge in [0.25, 0.3) is 5.91 Å². The van der Waals surface area contributed by atoms with Gasteiger partial charge in [-0.1, -0.05) is 17.7 Å². The van der Waals surface area contributed by atoms with Crippen molar-refractivity contribution in [2.75, 3.05) is 13.1 Å². The fourth-order valence-electron chi connectivity index (χ4n) is 3.26. The van der Waals surface area contributed by atoms with Crippen LogP contribution in [0.15, 0.2) is 12.1 Å². The zero-order chi connectivity index (χ0) is 15.8. The molecule has 0 radical (unpaired) electrons. The van der Waals surface area contributed by atoms with Crippen LogP contribution in [0.25, 0.3) is 0 Å². The molecule has 1 heterocycles. The Morgan fingerprint density at radius 3 is 2.29 bits per heavy atom. The third-order valence-corrected chi connectivity index (χ3v) is 4.39. The van der Waals surface area contributed by atoms with Gasteiger partial charge in [0.2, 0.25) is 0 Å². The van der Waals surface area contributed by atoms with E-state index in [0.717, 1.165) is 28.7 Å². The van der Waals surface area contributed by atoms with E-state index in [4.69, 9.17) is 0 Å². The molecule has 1 unspecified atom stereocenters. The van der Waals surface area contributed by atoms with E-state index in [2.05, 4.69) is 0 Å². The van der Waals surface area contributed by atoms with Gasteiger partial charge in [-0.3, -0.25) is 9.59 Å². The molecular formula is C17H23NO3. The van der Waals surface area contributed by atoms with Crippen molar-refractivity contribution < 1.29 is 14.7 Å². The lowest BCUT2D eigenvalue weighted by Crippen LogP contribution is -2.48. The Bertz CT molecular complexity index is 571. The number of likely N-dealkylation sites (tertiary alicyclic amines) is 1. The van der Waals surface area contributed by atoms with E-state index in [1.165, 1.54) is 0 Å². The quantitative estimate of drug-likeness (QED) is 0.910. The highest BCUT2D eigenvalue weighted by Gasteiger charge is 2.39. The number of piperidine rings is 1. The van der Waals surface area contributed by atoms with E-state index in [9.17, 15) is 14.7 Å². The summed E-state index contributed by atoms with van der Waals surface area (Å²) in [7, 11) is 0. The summed E-state index contributed by atoms with van der Waals surface area (Å²) in [6.07, 6.45) is 1.36. The summed E-state index contributed by atoms with van der Waals surface area (Å²) in [5, 5.41) is 9.38. The highest BCUT2D eigenvalue weighted by atomic mass is 16.4. The predicted molar refractivity (Wildman–Crippen MR) is 81.5 cm³/mol. The van der Waals surface area contributed by atoms with Crippen LogP contribution in [0.3, 0.4) is 0 Å². The highest BCUT2D eigenvalue weighted by molar-refractivity contribution is 5.97. The molecule has 1 aromatic carbocycles. The summed E-state index contributed by atoms with van der Waals surface area (Å²) in [4.78, 5) is 25.9. The van der Waals surface area contributed by atoms with Gasteiger partial charge in [0.1, 0.15) is 0 Å². The summed E-state index contributed by atoms with van der Waals surface area (Å²) in [5.74, 6) is -0.866. The first-order valence-electron chi connectivity index (χ1n) is 7.35. The number of carboxylic acid groups (broad SMARTS) is 1. The predicted octanol–water partition coefficient (Wildman–Crippen LogP) is 2.94. The van der Waals surface area contributed by atoms with Crippen LogP contribution in [0.4, 0.5) is 0 Å². The average molecular weight is 289 g/mol. The molecule has 1 aliphatic rings.